The number of amides is 1. The van der Waals surface area contributed by atoms with Gasteiger partial charge in [-0.2, -0.15) is 0 Å². The van der Waals surface area contributed by atoms with Crippen LogP contribution in [0.5, 0.6) is 0 Å². The SMILES string of the molecule is C[C@@H]1CN(Cc2ccccc2)C[C@@H]2CC(NC(=O)OC(C)(C)C)CN21. The van der Waals surface area contributed by atoms with E-state index in [1.54, 1.807) is 0 Å². The van der Waals surface area contributed by atoms with Crippen molar-refractivity contribution in [2.24, 2.45) is 0 Å². The van der Waals surface area contributed by atoms with Gasteiger partial charge < -0.3 is 10.1 Å². The molecule has 1 aromatic carbocycles. The van der Waals surface area contributed by atoms with Crippen molar-refractivity contribution in [1.82, 2.24) is 15.1 Å². The quantitative estimate of drug-likeness (QED) is 0.915. The van der Waals surface area contributed by atoms with Gasteiger partial charge in [0.05, 0.1) is 0 Å². The van der Waals surface area contributed by atoms with Crippen molar-refractivity contribution in [3.8, 4) is 0 Å². The number of hydrogen-bond donors (Lipinski definition) is 1. The minimum absolute atomic E-state index is 0.180. The van der Waals surface area contributed by atoms with Gasteiger partial charge in [-0.15, -0.1) is 0 Å². The lowest BCUT2D eigenvalue weighted by Crippen LogP contribution is -2.54. The number of hydrogen-bond acceptors (Lipinski definition) is 4. The average molecular weight is 345 g/mol. The van der Waals surface area contributed by atoms with Crippen molar-refractivity contribution < 1.29 is 9.53 Å². The van der Waals surface area contributed by atoms with E-state index < -0.39 is 5.60 Å². The fourth-order valence-electron chi connectivity index (χ4n) is 4.06. The first-order valence-corrected chi connectivity index (χ1v) is 9.32. The number of nitrogens with zero attached hydrogens (tertiary/aromatic N) is 2. The number of piperazine rings is 1. The number of nitrogens with one attached hydrogen (secondary N) is 1. The van der Waals surface area contributed by atoms with Gasteiger partial charge in [-0.25, -0.2) is 4.79 Å². The Balaban J connectivity index is 1.54. The van der Waals surface area contributed by atoms with Crippen molar-refractivity contribution in [2.75, 3.05) is 19.6 Å². The molecule has 1 aromatic rings. The van der Waals surface area contributed by atoms with Crippen molar-refractivity contribution in [1.29, 1.82) is 0 Å². The molecule has 25 heavy (non-hydrogen) atoms. The molecule has 1 amide bonds. The molecule has 2 fully saturated rings. The summed E-state index contributed by atoms with van der Waals surface area (Å²) in [5, 5.41) is 3.06. The predicted molar refractivity (Wildman–Crippen MR) is 99.4 cm³/mol. The minimum atomic E-state index is -0.449. The molecule has 138 valence electrons. The largest absolute Gasteiger partial charge is 0.444 e. The molecule has 2 saturated heterocycles. The maximum absolute atomic E-state index is 12.0. The highest BCUT2D eigenvalue weighted by atomic mass is 16.6. The lowest BCUT2D eigenvalue weighted by Gasteiger charge is -2.42. The lowest BCUT2D eigenvalue weighted by molar-refractivity contribution is 0.0485. The molecule has 3 atom stereocenters. The molecule has 0 radical (unpaired) electrons. The van der Waals surface area contributed by atoms with Gasteiger partial charge in [-0.1, -0.05) is 30.3 Å². The van der Waals surface area contributed by atoms with Crippen LogP contribution in [0.3, 0.4) is 0 Å². The standard InChI is InChI=1S/C20H31N3O2/c1-15-11-22(12-16-8-6-5-7-9-16)14-18-10-17(13-23(15)18)21-19(24)25-20(2,3)4/h5-9,15,17-18H,10-14H2,1-4H3,(H,21,24)/t15-,17?,18+/m1/s1. The number of carbonyl (C=O) groups excluding carboxylic acids is 1. The molecule has 1 unspecified atom stereocenters. The minimum Gasteiger partial charge on any atom is -0.444 e. The number of fused-ring (bicyclic) bond motifs is 1. The van der Waals surface area contributed by atoms with Crippen LogP contribution < -0.4 is 5.32 Å². The first-order chi connectivity index (χ1) is 11.8. The molecule has 2 aliphatic heterocycles. The van der Waals surface area contributed by atoms with Crippen LogP contribution >= 0.6 is 0 Å². The Hall–Kier alpha value is -1.59. The van der Waals surface area contributed by atoms with E-state index in [1.807, 2.05) is 20.8 Å². The van der Waals surface area contributed by atoms with Crippen LogP contribution in [0.4, 0.5) is 4.79 Å². The molecule has 2 heterocycles. The second-order valence-electron chi connectivity index (χ2n) is 8.46. The van der Waals surface area contributed by atoms with Gasteiger partial charge in [0.1, 0.15) is 5.60 Å². The van der Waals surface area contributed by atoms with Crippen molar-refractivity contribution >= 4 is 6.09 Å². The topological polar surface area (TPSA) is 44.8 Å². The molecule has 1 N–H and O–H groups in total. The van der Waals surface area contributed by atoms with Crippen molar-refractivity contribution in [3.05, 3.63) is 35.9 Å². The summed E-state index contributed by atoms with van der Waals surface area (Å²) < 4.78 is 5.40. The third kappa shape index (κ3) is 4.95. The monoisotopic (exact) mass is 345 g/mol. The molecule has 0 aromatic heterocycles. The molecule has 0 aliphatic carbocycles. The molecule has 3 rings (SSSR count). The zero-order valence-corrected chi connectivity index (χ0v) is 15.9. The number of carbonyl (C=O) groups is 1. The molecule has 5 nitrogen and oxygen atoms in total. The Kier molecular flexibility index (Phi) is 5.35. The van der Waals surface area contributed by atoms with Gasteiger partial charge in [-0.05, 0) is 39.7 Å². The number of alkyl carbamates (subject to hydrolysis) is 1. The highest BCUT2D eigenvalue weighted by Crippen LogP contribution is 2.27. The fourth-order valence-corrected chi connectivity index (χ4v) is 4.06. The zero-order chi connectivity index (χ0) is 18.0. The second-order valence-corrected chi connectivity index (χ2v) is 8.46. The Morgan fingerprint density at radius 1 is 1.20 bits per heavy atom. The van der Waals surface area contributed by atoms with Crippen LogP contribution in [0, 0.1) is 0 Å². The summed E-state index contributed by atoms with van der Waals surface area (Å²) >= 11 is 0. The molecular weight excluding hydrogens is 314 g/mol. The van der Waals surface area contributed by atoms with E-state index in [4.69, 9.17) is 4.74 Å². The summed E-state index contributed by atoms with van der Waals surface area (Å²) in [6.45, 7) is 12.0. The first kappa shape index (κ1) is 18.2. The molecular formula is C20H31N3O2. The maximum atomic E-state index is 12.0. The number of benzene rings is 1. The van der Waals surface area contributed by atoms with E-state index in [9.17, 15) is 4.79 Å². The predicted octanol–water partition coefficient (Wildman–Crippen LogP) is 2.86. The van der Waals surface area contributed by atoms with Gasteiger partial charge in [0.2, 0.25) is 0 Å². The number of rotatable bonds is 3. The first-order valence-electron chi connectivity index (χ1n) is 9.32. The highest BCUT2D eigenvalue weighted by Gasteiger charge is 2.40. The summed E-state index contributed by atoms with van der Waals surface area (Å²) in [7, 11) is 0. The van der Waals surface area contributed by atoms with Crippen LogP contribution in [-0.2, 0) is 11.3 Å². The van der Waals surface area contributed by atoms with E-state index in [0.29, 0.717) is 12.1 Å². The Morgan fingerprint density at radius 3 is 2.60 bits per heavy atom. The fraction of sp³-hybridized carbons (Fsp3) is 0.650. The third-order valence-electron chi connectivity index (χ3n) is 4.98. The van der Waals surface area contributed by atoms with Gasteiger partial charge in [-0.3, -0.25) is 9.80 Å². The Labute approximate surface area is 151 Å². The molecule has 5 heteroatoms. The maximum Gasteiger partial charge on any atom is 0.407 e. The van der Waals surface area contributed by atoms with Crippen LogP contribution in [-0.4, -0.2) is 59.3 Å². The Morgan fingerprint density at radius 2 is 1.92 bits per heavy atom. The number of ether oxygens (including phenoxy) is 1. The Bertz CT molecular complexity index is 584. The summed E-state index contributed by atoms with van der Waals surface area (Å²) in [6, 6.07) is 11.8. The van der Waals surface area contributed by atoms with Crippen molar-refractivity contribution in [3.63, 3.8) is 0 Å². The van der Waals surface area contributed by atoms with Gasteiger partial charge in [0.25, 0.3) is 0 Å². The van der Waals surface area contributed by atoms with Crippen LogP contribution in [0.25, 0.3) is 0 Å². The zero-order valence-electron chi connectivity index (χ0n) is 15.9. The second kappa shape index (κ2) is 7.34. The van der Waals surface area contributed by atoms with E-state index >= 15 is 0 Å². The normalized spacial score (nSPS) is 27.8. The van der Waals surface area contributed by atoms with Gasteiger partial charge >= 0.3 is 6.09 Å². The van der Waals surface area contributed by atoms with E-state index in [-0.39, 0.29) is 12.1 Å². The summed E-state index contributed by atoms with van der Waals surface area (Å²) in [5.74, 6) is 0. The molecule has 0 bridgehead atoms. The molecule has 0 spiro atoms. The highest BCUT2D eigenvalue weighted by molar-refractivity contribution is 5.68. The smallest absolute Gasteiger partial charge is 0.407 e. The summed E-state index contributed by atoms with van der Waals surface area (Å²) in [4.78, 5) is 17.1. The van der Waals surface area contributed by atoms with E-state index in [0.717, 1.165) is 32.6 Å². The molecule has 2 aliphatic rings. The van der Waals surface area contributed by atoms with Gasteiger partial charge in [0.15, 0.2) is 0 Å². The van der Waals surface area contributed by atoms with Crippen LogP contribution in [0.2, 0.25) is 0 Å². The summed E-state index contributed by atoms with van der Waals surface area (Å²) in [6.07, 6.45) is 0.695. The van der Waals surface area contributed by atoms with Gasteiger partial charge in [0, 0.05) is 44.3 Å². The van der Waals surface area contributed by atoms with Crippen molar-refractivity contribution in [2.45, 2.75) is 64.4 Å². The van der Waals surface area contributed by atoms with Crippen LogP contribution in [0.1, 0.15) is 39.7 Å². The molecule has 0 saturated carbocycles. The van der Waals surface area contributed by atoms with Crippen LogP contribution in [0.15, 0.2) is 30.3 Å². The third-order valence-corrected chi connectivity index (χ3v) is 4.98. The van der Waals surface area contributed by atoms with E-state index in [2.05, 4.69) is 52.4 Å². The van der Waals surface area contributed by atoms with E-state index in [1.165, 1.54) is 5.56 Å². The summed E-state index contributed by atoms with van der Waals surface area (Å²) in [5.41, 5.74) is 0.916. The average Bonchev–Trinajstić information content (AvgIpc) is 2.89. The lowest BCUT2D eigenvalue weighted by atomic mass is 10.1.